The van der Waals surface area contributed by atoms with E-state index < -0.39 is 5.82 Å². The lowest BCUT2D eigenvalue weighted by Crippen LogP contribution is -2.14. The summed E-state index contributed by atoms with van der Waals surface area (Å²) in [6.45, 7) is 1.85. The molecule has 0 unspecified atom stereocenters. The van der Waals surface area contributed by atoms with Crippen LogP contribution in [0, 0.1) is 17.1 Å². The van der Waals surface area contributed by atoms with Gasteiger partial charge in [-0.2, -0.15) is 5.26 Å². The maximum Gasteiger partial charge on any atom is 0.145 e. The van der Waals surface area contributed by atoms with E-state index in [9.17, 15) is 4.39 Å². The minimum atomic E-state index is -0.424. The van der Waals surface area contributed by atoms with Crippen molar-refractivity contribution < 1.29 is 4.39 Å². The van der Waals surface area contributed by atoms with Crippen molar-refractivity contribution in [2.24, 2.45) is 0 Å². The summed E-state index contributed by atoms with van der Waals surface area (Å²) in [4.78, 5) is 0. The minimum Gasteiger partial charge on any atom is -0.313 e. The SMILES string of the molecule is CN[C@H](C)c1cccc(C#N)c1F. The first kappa shape index (κ1) is 9.69. The van der Waals surface area contributed by atoms with Gasteiger partial charge in [-0.15, -0.1) is 0 Å². The fourth-order valence-electron chi connectivity index (χ4n) is 1.13. The van der Waals surface area contributed by atoms with Crippen molar-refractivity contribution in [2.75, 3.05) is 7.05 Å². The molecule has 13 heavy (non-hydrogen) atoms. The molecule has 0 bridgehead atoms. The van der Waals surface area contributed by atoms with Crippen molar-refractivity contribution in [1.29, 1.82) is 5.26 Å². The Morgan fingerprint density at radius 2 is 2.23 bits per heavy atom. The largest absolute Gasteiger partial charge is 0.313 e. The Morgan fingerprint density at radius 3 is 2.77 bits per heavy atom. The van der Waals surface area contributed by atoms with E-state index in [1.54, 1.807) is 19.2 Å². The lowest BCUT2D eigenvalue weighted by Gasteiger charge is -2.11. The first-order chi connectivity index (χ1) is 6.20. The molecule has 0 heterocycles. The van der Waals surface area contributed by atoms with E-state index in [-0.39, 0.29) is 11.6 Å². The van der Waals surface area contributed by atoms with Crippen molar-refractivity contribution in [3.05, 3.63) is 35.1 Å². The molecule has 0 aromatic heterocycles. The van der Waals surface area contributed by atoms with Crippen LogP contribution in [0.1, 0.15) is 24.1 Å². The summed E-state index contributed by atoms with van der Waals surface area (Å²) < 4.78 is 13.4. The zero-order valence-electron chi connectivity index (χ0n) is 7.63. The number of nitrogens with zero attached hydrogens (tertiary/aromatic N) is 1. The molecular formula is C10H11FN2. The second-order valence-electron chi connectivity index (χ2n) is 2.83. The molecular weight excluding hydrogens is 167 g/mol. The Labute approximate surface area is 77.0 Å². The summed E-state index contributed by atoms with van der Waals surface area (Å²) in [6.07, 6.45) is 0. The predicted octanol–water partition coefficient (Wildman–Crippen LogP) is 1.98. The maximum absolute atomic E-state index is 13.4. The van der Waals surface area contributed by atoms with Gasteiger partial charge in [0.05, 0.1) is 5.56 Å². The quantitative estimate of drug-likeness (QED) is 0.751. The van der Waals surface area contributed by atoms with E-state index in [1.807, 2.05) is 13.0 Å². The van der Waals surface area contributed by atoms with E-state index in [4.69, 9.17) is 5.26 Å². The monoisotopic (exact) mass is 178 g/mol. The summed E-state index contributed by atoms with van der Waals surface area (Å²) in [6, 6.07) is 6.57. The van der Waals surface area contributed by atoms with Gasteiger partial charge in [-0.1, -0.05) is 12.1 Å². The van der Waals surface area contributed by atoms with Crippen molar-refractivity contribution >= 4 is 0 Å². The maximum atomic E-state index is 13.4. The number of rotatable bonds is 2. The highest BCUT2D eigenvalue weighted by Crippen LogP contribution is 2.18. The van der Waals surface area contributed by atoms with E-state index in [2.05, 4.69) is 5.32 Å². The van der Waals surface area contributed by atoms with Crippen molar-refractivity contribution in [1.82, 2.24) is 5.32 Å². The van der Waals surface area contributed by atoms with Crippen LogP contribution >= 0.6 is 0 Å². The van der Waals surface area contributed by atoms with Crippen LogP contribution in [0.4, 0.5) is 4.39 Å². The molecule has 0 saturated heterocycles. The van der Waals surface area contributed by atoms with Crippen LogP contribution < -0.4 is 5.32 Å². The van der Waals surface area contributed by atoms with Gasteiger partial charge in [0.2, 0.25) is 0 Å². The number of halogens is 1. The first-order valence-corrected chi connectivity index (χ1v) is 4.06. The Morgan fingerprint density at radius 1 is 1.54 bits per heavy atom. The highest BCUT2D eigenvalue weighted by molar-refractivity contribution is 5.36. The third-order valence-corrected chi connectivity index (χ3v) is 2.05. The van der Waals surface area contributed by atoms with E-state index in [0.717, 1.165) is 0 Å². The summed E-state index contributed by atoms with van der Waals surface area (Å²) in [5.74, 6) is -0.424. The Hall–Kier alpha value is -1.40. The van der Waals surface area contributed by atoms with E-state index in [0.29, 0.717) is 5.56 Å². The first-order valence-electron chi connectivity index (χ1n) is 4.06. The lowest BCUT2D eigenvalue weighted by molar-refractivity contribution is 0.559. The molecule has 1 N–H and O–H groups in total. The van der Waals surface area contributed by atoms with E-state index >= 15 is 0 Å². The molecule has 68 valence electrons. The average Bonchev–Trinajstić information content (AvgIpc) is 2.17. The molecule has 2 nitrogen and oxygen atoms in total. The standard InChI is InChI=1S/C10H11FN2/c1-7(13-2)9-5-3-4-8(6-12)10(9)11/h3-5,7,13H,1-2H3/t7-/m1/s1. The van der Waals surface area contributed by atoms with Crippen LogP contribution in [0.3, 0.4) is 0 Å². The molecule has 0 aliphatic heterocycles. The lowest BCUT2D eigenvalue weighted by atomic mass is 10.0. The molecule has 3 heteroatoms. The molecule has 0 aliphatic carbocycles. The van der Waals surface area contributed by atoms with Crippen LogP contribution in [-0.4, -0.2) is 7.05 Å². The van der Waals surface area contributed by atoms with Crippen LogP contribution in [0.2, 0.25) is 0 Å². The van der Waals surface area contributed by atoms with Crippen LogP contribution in [0.25, 0.3) is 0 Å². The summed E-state index contributed by atoms with van der Waals surface area (Å²) in [7, 11) is 1.75. The van der Waals surface area contributed by atoms with Gasteiger partial charge in [0.15, 0.2) is 0 Å². The minimum absolute atomic E-state index is 0.0756. The number of nitrogens with one attached hydrogen (secondary N) is 1. The number of hydrogen-bond donors (Lipinski definition) is 1. The Balaban J connectivity index is 3.17. The third kappa shape index (κ3) is 1.85. The molecule has 1 aromatic rings. The fourth-order valence-corrected chi connectivity index (χ4v) is 1.13. The van der Waals surface area contributed by atoms with Crippen LogP contribution in [0.5, 0.6) is 0 Å². The molecule has 0 amide bonds. The summed E-state index contributed by atoms with van der Waals surface area (Å²) in [5.41, 5.74) is 0.626. The Kier molecular flexibility index (Phi) is 2.99. The van der Waals surface area contributed by atoms with Crippen molar-refractivity contribution in [3.8, 4) is 6.07 Å². The molecule has 0 aliphatic rings. The molecule has 1 rings (SSSR count). The highest BCUT2D eigenvalue weighted by Gasteiger charge is 2.11. The van der Waals surface area contributed by atoms with Crippen molar-refractivity contribution in [2.45, 2.75) is 13.0 Å². The van der Waals surface area contributed by atoms with Crippen LogP contribution in [-0.2, 0) is 0 Å². The fraction of sp³-hybridized carbons (Fsp3) is 0.300. The molecule has 0 spiro atoms. The number of benzene rings is 1. The van der Waals surface area contributed by atoms with Crippen molar-refractivity contribution in [3.63, 3.8) is 0 Å². The predicted molar refractivity (Wildman–Crippen MR) is 48.6 cm³/mol. The number of hydrogen-bond acceptors (Lipinski definition) is 2. The normalized spacial score (nSPS) is 12.2. The van der Waals surface area contributed by atoms with Gasteiger partial charge in [0.1, 0.15) is 11.9 Å². The zero-order valence-corrected chi connectivity index (χ0v) is 7.63. The van der Waals surface area contributed by atoms with Gasteiger partial charge in [-0.3, -0.25) is 0 Å². The molecule has 0 radical (unpaired) electrons. The third-order valence-electron chi connectivity index (χ3n) is 2.05. The Bertz CT molecular complexity index is 341. The summed E-state index contributed by atoms with van der Waals surface area (Å²) >= 11 is 0. The van der Waals surface area contributed by atoms with Gasteiger partial charge in [0, 0.05) is 11.6 Å². The average molecular weight is 178 g/mol. The second kappa shape index (κ2) is 4.01. The molecule has 0 fully saturated rings. The van der Waals surface area contributed by atoms with Gasteiger partial charge in [0.25, 0.3) is 0 Å². The molecule has 0 saturated carbocycles. The van der Waals surface area contributed by atoms with Crippen LogP contribution in [0.15, 0.2) is 18.2 Å². The zero-order chi connectivity index (χ0) is 9.84. The summed E-state index contributed by atoms with van der Waals surface area (Å²) in [5, 5.41) is 11.5. The van der Waals surface area contributed by atoms with Gasteiger partial charge < -0.3 is 5.32 Å². The number of nitriles is 1. The van der Waals surface area contributed by atoms with Gasteiger partial charge in [-0.05, 0) is 20.0 Å². The highest BCUT2D eigenvalue weighted by atomic mass is 19.1. The molecule has 1 aromatic carbocycles. The molecule has 1 atom stereocenters. The topological polar surface area (TPSA) is 35.8 Å². The van der Waals surface area contributed by atoms with E-state index in [1.165, 1.54) is 6.07 Å². The smallest absolute Gasteiger partial charge is 0.145 e. The van der Waals surface area contributed by atoms with Gasteiger partial charge >= 0.3 is 0 Å². The van der Waals surface area contributed by atoms with Gasteiger partial charge in [-0.25, -0.2) is 4.39 Å². The second-order valence-corrected chi connectivity index (χ2v) is 2.83.